The van der Waals surface area contributed by atoms with Crippen LogP contribution in [-0.2, 0) is 4.74 Å². The number of likely N-dealkylation sites (tertiary alicyclic amines) is 1. The van der Waals surface area contributed by atoms with Gasteiger partial charge in [0.05, 0.1) is 12.8 Å². The summed E-state index contributed by atoms with van der Waals surface area (Å²) in [4.78, 5) is 19.1. The molecular weight excluding hydrogens is 262 g/mol. The Bertz CT molecular complexity index is 478. The van der Waals surface area contributed by atoms with E-state index in [2.05, 4.69) is 10.3 Å². The van der Waals surface area contributed by atoms with Crippen molar-refractivity contribution in [3.8, 4) is 0 Å². The SMILES string of the molecule is CNc1ncc(C(=O)N2CC(COC)(C3CC3)C2)s1. The summed E-state index contributed by atoms with van der Waals surface area (Å²) in [6.45, 7) is 2.43. The van der Waals surface area contributed by atoms with E-state index in [4.69, 9.17) is 4.74 Å². The lowest BCUT2D eigenvalue weighted by Crippen LogP contribution is -2.61. The number of rotatable bonds is 5. The molecule has 1 aliphatic carbocycles. The van der Waals surface area contributed by atoms with Crippen molar-refractivity contribution < 1.29 is 9.53 Å². The molecule has 2 heterocycles. The number of amides is 1. The predicted octanol–water partition coefficient (Wildman–Crippen LogP) is 1.68. The largest absolute Gasteiger partial charge is 0.384 e. The number of thiazole rings is 1. The summed E-state index contributed by atoms with van der Waals surface area (Å²) >= 11 is 1.41. The highest BCUT2D eigenvalue weighted by Gasteiger charge is 2.54. The molecule has 3 rings (SSSR count). The van der Waals surface area contributed by atoms with E-state index in [9.17, 15) is 4.79 Å². The van der Waals surface area contributed by atoms with Crippen LogP contribution in [0.15, 0.2) is 6.20 Å². The van der Waals surface area contributed by atoms with Crippen molar-refractivity contribution in [1.82, 2.24) is 9.88 Å². The quantitative estimate of drug-likeness (QED) is 0.892. The van der Waals surface area contributed by atoms with Gasteiger partial charge in [-0.2, -0.15) is 0 Å². The lowest BCUT2D eigenvalue weighted by Gasteiger charge is -2.50. The number of carbonyl (C=O) groups excluding carboxylic acids is 1. The van der Waals surface area contributed by atoms with Gasteiger partial charge in [0.1, 0.15) is 4.88 Å². The van der Waals surface area contributed by atoms with E-state index in [0.29, 0.717) is 4.88 Å². The van der Waals surface area contributed by atoms with Crippen molar-refractivity contribution in [1.29, 1.82) is 0 Å². The summed E-state index contributed by atoms with van der Waals surface area (Å²) < 4.78 is 5.35. The van der Waals surface area contributed by atoms with Crippen LogP contribution in [0.4, 0.5) is 5.13 Å². The molecule has 5 nitrogen and oxygen atoms in total. The molecule has 6 heteroatoms. The first kappa shape index (κ1) is 12.9. The number of aromatic nitrogens is 1. The Balaban J connectivity index is 1.64. The lowest BCUT2D eigenvalue weighted by atomic mass is 9.75. The molecule has 1 saturated heterocycles. The molecule has 104 valence electrons. The summed E-state index contributed by atoms with van der Waals surface area (Å²) in [6.07, 6.45) is 4.23. The summed E-state index contributed by atoms with van der Waals surface area (Å²) in [6, 6.07) is 0. The number of carbonyl (C=O) groups is 1. The smallest absolute Gasteiger partial charge is 0.265 e. The third-order valence-electron chi connectivity index (χ3n) is 4.10. The Morgan fingerprint density at radius 1 is 1.63 bits per heavy atom. The average molecular weight is 281 g/mol. The standard InChI is InChI=1S/C13H19N3O2S/c1-14-12-15-5-10(19-12)11(17)16-6-13(7-16,8-18-2)9-3-4-9/h5,9H,3-4,6-8H2,1-2H3,(H,14,15). The molecule has 1 N–H and O–H groups in total. The normalized spacial score (nSPS) is 21.1. The minimum absolute atomic E-state index is 0.103. The maximum absolute atomic E-state index is 12.3. The van der Waals surface area contributed by atoms with Crippen LogP contribution in [0.5, 0.6) is 0 Å². The van der Waals surface area contributed by atoms with Crippen molar-refractivity contribution in [2.45, 2.75) is 12.8 Å². The first-order valence-corrected chi connectivity index (χ1v) is 7.42. The van der Waals surface area contributed by atoms with Gasteiger partial charge in [-0.05, 0) is 18.8 Å². The Morgan fingerprint density at radius 2 is 2.37 bits per heavy atom. The molecule has 0 bridgehead atoms. The monoisotopic (exact) mass is 281 g/mol. The van der Waals surface area contributed by atoms with Gasteiger partial charge in [0.15, 0.2) is 5.13 Å². The van der Waals surface area contributed by atoms with Gasteiger partial charge in [-0.3, -0.25) is 4.79 Å². The Labute approximate surface area is 117 Å². The maximum atomic E-state index is 12.3. The number of ether oxygens (including phenoxy) is 1. The molecule has 1 aromatic heterocycles. The molecule has 1 saturated carbocycles. The zero-order valence-corrected chi connectivity index (χ0v) is 12.1. The van der Waals surface area contributed by atoms with Crippen molar-refractivity contribution in [2.24, 2.45) is 11.3 Å². The summed E-state index contributed by atoms with van der Waals surface area (Å²) in [7, 11) is 3.56. The van der Waals surface area contributed by atoms with Crippen molar-refractivity contribution in [3.63, 3.8) is 0 Å². The van der Waals surface area contributed by atoms with Crippen LogP contribution in [0.2, 0.25) is 0 Å². The van der Waals surface area contributed by atoms with Crippen LogP contribution < -0.4 is 5.32 Å². The first-order chi connectivity index (χ1) is 9.18. The van der Waals surface area contributed by atoms with E-state index in [1.807, 2.05) is 11.9 Å². The van der Waals surface area contributed by atoms with Crippen LogP contribution in [0.1, 0.15) is 22.5 Å². The van der Waals surface area contributed by atoms with Gasteiger partial charge in [-0.15, -0.1) is 0 Å². The summed E-state index contributed by atoms with van der Waals surface area (Å²) in [5.41, 5.74) is 0.223. The molecule has 0 atom stereocenters. The van der Waals surface area contributed by atoms with Gasteiger partial charge < -0.3 is 15.0 Å². The second-order valence-corrected chi connectivity index (χ2v) is 6.54. The average Bonchev–Trinajstić information content (AvgIpc) is 3.10. The minimum Gasteiger partial charge on any atom is -0.384 e. The summed E-state index contributed by atoms with van der Waals surface area (Å²) in [5, 5.41) is 3.74. The zero-order valence-electron chi connectivity index (χ0n) is 11.3. The molecule has 0 unspecified atom stereocenters. The Hall–Kier alpha value is -1.14. The van der Waals surface area contributed by atoms with E-state index in [-0.39, 0.29) is 11.3 Å². The lowest BCUT2D eigenvalue weighted by molar-refractivity contribution is -0.0534. The fourth-order valence-corrected chi connectivity index (χ4v) is 3.69. The number of methoxy groups -OCH3 is 1. The third kappa shape index (κ3) is 2.23. The fourth-order valence-electron chi connectivity index (χ4n) is 2.95. The van der Waals surface area contributed by atoms with Crippen molar-refractivity contribution in [3.05, 3.63) is 11.1 Å². The highest BCUT2D eigenvalue weighted by molar-refractivity contribution is 7.17. The van der Waals surface area contributed by atoms with Crippen LogP contribution in [0.3, 0.4) is 0 Å². The number of nitrogens with one attached hydrogen (secondary N) is 1. The van der Waals surface area contributed by atoms with Gasteiger partial charge in [-0.25, -0.2) is 4.98 Å². The number of anilines is 1. The van der Waals surface area contributed by atoms with Crippen molar-refractivity contribution in [2.75, 3.05) is 39.2 Å². The topological polar surface area (TPSA) is 54.5 Å². The zero-order chi connectivity index (χ0) is 13.5. The fraction of sp³-hybridized carbons (Fsp3) is 0.692. The minimum atomic E-state index is 0.103. The van der Waals surface area contributed by atoms with E-state index in [0.717, 1.165) is 30.7 Å². The maximum Gasteiger partial charge on any atom is 0.265 e. The number of hydrogen-bond donors (Lipinski definition) is 1. The van der Waals surface area contributed by atoms with Crippen molar-refractivity contribution >= 4 is 22.4 Å². The van der Waals surface area contributed by atoms with Gasteiger partial charge >= 0.3 is 0 Å². The molecule has 0 spiro atoms. The second kappa shape index (κ2) is 4.76. The Kier molecular flexibility index (Phi) is 3.22. The van der Waals surface area contributed by atoms with Gasteiger partial charge in [0, 0.05) is 32.7 Å². The number of hydrogen-bond acceptors (Lipinski definition) is 5. The van der Waals surface area contributed by atoms with Crippen LogP contribution in [-0.4, -0.2) is 49.6 Å². The molecular formula is C13H19N3O2S. The highest BCUT2D eigenvalue weighted by atomic mass is 32.1. The first-order valence-electron chi connectivity index (χ1n) is 6.60. The van der Waals surface area contributed by atoms with Gasteiger partial charge in [-0.1, -0.05) is 11.3 Å². The van der Waals surface area contributed by atoms with E-state index in [1.165, 1.54) is 24.2 Å². The molecule has 2 fully saturated rings. The molecule has 0 radical (unpaired) electrons. The molecule has 2 aliphatic rings. The predicted molar refractivity (Wildman–Crippen MR) is 74.6 cm³/mol. The molecule has 1 aromatic rings. The van der Waals surface area contributed by atoms with Gasteiger partial charge in [0.25, 0.3) is 5.91 Å². The van der Waals surface area contributed by atoms with Crippen LogP contribution >= 0.6 is 11.3 Å². The number of nitrogens with zero attached hydrogens (tertiary/aromatic N) is 2. The molecule has 1 amide bonds. The second-order valence-electron chi connectivity index (χ2n) is 5.51. The van der Waals surface area contributed by atoms with Crippen LogP contribution in [0, 0.1) is 11.3 Å². The summed E-state index contributed by atoms with van der Waals surface area (Å²) in [5.74, 6) is 0.859. The molecule has 0 aromatic carbocycles. The highest BCUT2D eigenvalue weighted by Crippen LogP contribution is 2.51. The molecule has 19 heavy (non-hydrogen) atoms. The third-order valence-corrected chi connectivity index (χ3v) is 5.11. The van der Waals surface area contributed by atoms with Gasteiger partial charge in [0.2, 0.25) is 0 Å². The van der Waals surface area contributed by atoms with E-state index < -0.39 is 0 Å². The van der Waals surface area contributed by atoms with Crippen LogP contribution in [0.25, 0.3) is 0 Å². The van der Waals surface area contributed by atoms with E-state index >= 15 is 0 Å². The van der Waals surface area contributed by atoms with E-state index in [1.54, 1.807) is 13.3 Å². The Morgan fingerprint density at radius 3 is 2.89 bits per heavy atom. The molecule has 1 aliphatic heterocycles.